The molecule has 23 atom stereocenters. The zero-order valence-electron chi connectivity index (χ0n) is 47.3. The van der Waals surface area contributed by atoms with Gasteiger partial charge < -0.3 is 45.5 Å². The molecule has 0 saturated heterocycles. The average molecular weight is 1090 g/mol. The van der Waals surface area contributed by atoms with Crippen LogP contribution in [0, 0.1) is 122 Å². The van der Waals surface area contributed by atoms with Crippen molar-refractivity contribution >= 4 is 12.3 Å². The summed E-state index contributed by atoms with van der Waals surface area (Å²) in [5.74, 6) is 11.9. The van der Waals surface area contributed by atoms with Gasteiger partial charge in [0.15, 0.2) is 0 Å². The van der Waals surface area contributed by atoms with Gasteiger partial charge in [0.25, 0.3) is 0 Å². The average Bonchev–Trinajstić information content (AvgIpc) is 3.98. The van der Waals surface area contributed by atoms with Gasteiger partial charge in [-0.2, -0.15) is 0 Å². The number of esters is 1. The number of fused-ring (bicyclic) bond motifs is 2. The zero-order chi connectivity index (χ0) is 54.9. The van der Waals surface area contributed by atoms with E-state index in [1.165, 1.54) is 18.4 Å². The van der Waals surface area contributed by atoms with Gasteiger partial charge in [-0.1, -0.05) is 106 Å². The quantitative estimate of drug-likeness (QED) is 0.0842. The third kappa shape index (κ3) is 6.77. The third-order valence-electron chi connectivity index (χ3n) is 27.4. The fourth-order valence-electron chi connectivity index (χ4n) is 24.5. The number of nitrogens with one attached hydrogen (secondary N) is 1. The molecular formula is C70H87NO9. The molecule has 0 aromatic heterocycles. The summed E-state index contributed by atoms with van der Waals surface area (Å²) >= 11 is 0. The molecule has 14 aliphatic rings. The highest BCUT2D eigenvalue weighted by Gasteiger charge is 2.89. The van der Waals surface area contributed by atoms with E-state index in [1.54, 1.807) is 6.08 Å². The summed E-state index contributed by atoms with van der Waals surface area (Å²) in [5.41, 5.74) is -5.82. The van der Waals surface area contributed by atoms with E-state index >= 15 is 15.0 Å². The number of carbonyl (C=O) groups is 2. The monoisotopic (exact) mass is 1090 g/mol. The van der Waals surface area contributed by atoms with Crippen molar-refractivity contribution in [3.05, 3.63) is 82.4 Å². The molecule has 0 amide bonds. The predicted molar refractivity (Wildman–Crippen MR) is 301 cm³/mol. The number of hydrogen-bond acceptors (Lipinski definition) is 10. The third-order valence-corrected chi connectivity index (χ3v) is 27.4. The van der Waals surface area contributed by atoms with E-state index in [2.05, 4.69) is 72.3 Å². The highest BCUT2D eigenvalue weighted by Crippen LogP contribution is 2.82. The van der Waals surface area contributed by atoms with Crippen LogP contribution in [0.25, 0.3) is 0 Å². The molecule has 10 fully saturated rings. The first kappa shape index (κ1) is 52.9. The Labute approximate surface area is 474 Å². The van der Waals surface area contributed by atoms with E-state index in [0.29, 0.717) is 50.9 Å². The van der Waals surface area contributed by atoms with Crippen molar-refractivity contribution in [3.63, 3.8) is 0 Å². The Hall–Kier alpha value is -3.84. The maximum atomic E-state index is 15.8. The summed E-state index contributed by atoms with van der Waals surface area (Å²) in [7, 11) is 1.94. The van der Waals surface area contributed by atoms with E-state index in [9.17, 15) is 25.2 Å². The fraction of sp³-hybridized carbons (Fsp3) is 0.714. The molecule has 3 spiro atoms. The largest absolute Gasteiger partial charge is 0.454 e. The minimum atomic E-state index is -2.36. The number of rotatable bonds is 6. The Morgan fingerprint density at radius 2 is 1.59 bits per heavy atom. The number of aliphatic hydroxyl groups excluding tert-OH is 3. The lowest BCUT2D eigenvalue weighted by Gasteiger charge is -2.76. The molecule has 1 aliphatic heterocycles. The Morgan fingerprint density at radius 3 is 2.35 bits per heavy atom. The zero-order valence-corrected chi connectivity index (χ0v) is 47.3. The van der Waals surface area contributed by atoms with Gasteiger partial charge in [-0.05, 0) is 185 Å². The van der Waals surface area contributed by atoms with Crippen LogP contribution in [0.5, 0.6) is 0 Å². The van der Waals surface area contributed by atoms with Crippen LogP contribution in [0.15, 0.2) is 60.2 Å². The number of ether oxygens (including phenoxy) is 1. The second kappa shape index (κ2) is 18.6. The Kier molecular flexibility index (Phi) is 12.3. The number of likely N-dealkylation sites (N-methyl/N-ethyl adjacent to an activating group) is 1. The summed E-state index contributed by atoms with van der Waals surface area (Å²) < 4.78 is 6.55. The summed E-state index contributed by atoms with van der Waals surface area (Å²) in [6.45, 7) is 2.22. The molecule has 13 aliphatic carbocycles. The standard InChI is InChI=1S/C70H87NO9/c1-40(41-12-6-7-13-41)44-20-22-55-62(75)65-29-25-50-49(48(21-23-54(50)65)42-14-4-3-5-15-42)19-11-17-45-34-66-37-64(26-8-9-27-64)28-24-43-16-10-18-46(36-72)51(43)32-57(71-2)52-30-47(59(66)53-33-58(74)80-60(52)53)35-68(66,77)70(79)61(45)67(38-65,39-73)69(55,78)56(31-44)63(70)76/h3-5,10,14-16,18,33,39-41,44-45,47-50,52,54-57,59-63,71-72,75-79H,6-9,12-13,19-23,25-27,29-32,34-38H2,1-2H3. The normalized spacial score (nSPS) is 49.3. The minimum absolute atomic E-state index is 0.0502. The summed E-state index contributed by atoms with van der Waals surface area (Å²) in [5, 5.41) is 88.6. The van der Waals surface area contributed by atoms with Crippen molar-refractivity contribution in [2.45, 2.75) is 202 Å². The Bertz CT molecular complexity index is 3000. The van der Waals surface area contributed by atoms with Crippen molar-refractivity contribution in [2.24, 2.45) is 98.6 Å². The van der Waals surface area contributed by atoms with Crippen molar-refractivity contribution in [2.75, 3.05) is 7.05 Å². The topological polar surface area (TPSA) is 177 Å². The van der Waals surface area contributed by atoms with Crippen LogP contribution in [0.4, 0.5) is 0 Å². The van der Waals surface area contributed by atoms with Gasteiger partial charge in [0.2, 0.25) is 0 Å². The first-order chi connectivity index (χ1) is 38.6. The van der Waals surface area contributed by atoms with E-state index < -0.39 is 92.3 Å². The van der Waals surface area contributed by atoms with Gasteiger partial charge >= 0.3 is 5.97 Å². The van der Waals surface area contributed by atoms with Crippen LogP contribution in [0.1, 0.15) is 170 Å². The lowest BCUT2D eigenvalue weighted by Crippen LogP contribution is -2.88. The minimum Gasteiger partial charge on any atom is -0.454 e. The van der Waals surface area contributed by atoms with E-state index in [0.717, 1.165) is 92.8 Å². The Balaban J connectivity index is 0.997. The van der Waals surface area contributed by atoms with Crippen molar-refractivity contribution < 1.29 is 45.0 Å². The molecule has 426 valence electrons. The van der Waals surface area contributed by atoms with Gasteiger partial charge in [-0.3, -0.25) is 0 Å². The van der Waals surface area contributed by atoms with Gasteiger partial charge in [-0.15, -0.1) is 5.92 Å². The number of benzene rings is 2. The summed E-state index contributed by atoms with van der Waals surface area (Å²) in [6, 6.07) is 16.6. The van der Waals surface area contributed by atoms with Crippen molar-refractivity contribution in [3.8, 4) is 23.7 Å². The van der Waals surface area contributed by atoms with Crippen LogP contribution in [-0.4, -0.2) is 91.1 Å². The molecule has 10 heteroatoms. The Morgan fingerprint density at radius 1 is 0.800 bits per heavy atom. The van der Waals surface area contributed by atoms with Crippen LogP contribution >= 0.6 is 0 Å². The number of aliphatic hydroxyl groups is 6. The van der Waals surface area contributed by atoms with Crippen LogP contribution < -0.4 is 5.32 Å². The maximum absolute atomic E-state index is 15.8. The molecule has 16 rings (SSSR count). The molecule has 2 aromatic carbocycles. The molecule has 80 heavy (non-hydrogen) atoms. The van der Waals surface area contributed by atoms with Crippen LogP contribution in [-0.2, 0) is 27.4 Å². The lowest BCUT2D eigenvalue weighted by atomic mass is 9.30. The molecule has 10 saturated carbocycles. The predicted octanol–water partition coefficient (Wildman–Crippen LogP) is 8.75. The van der Waals surface area contributed by atoms with E-state index in [-0.39, 0.29) is 79.3 Å². The van der Waals surface area contributed by atoms with Gasteiger partial charge in [0, 0.05) is 69.9 Å². The second-order valence-corrected chi connectivity index (χ2v) is 29.7. The van der Waals surface area contributed by atoms with Gasteiger partial charge in [0.1, 0.15) is 23.6 Å². The van der Waals surface area contributed by atoms with E-state index in [4.69, 9.17) is 4.74 Å². The molecule has 1 heterocycles. The molecule has 23 unspecified atom stereocenters. The lowest BCUT2D eigenvalue weighted by molar-refractivity contribution is -0.392. The molecule has 0 radical (unpaired) electrons. The molecule has 9 bridgehead atoms. The van der Waals surface area contributed by atoms with Crippen molar-refractivity contribution in [1.82, 2.24) is 5.32 Å². The van der Waals surface area contributed by atoms with E-state index in [1.807, 2.05) is 19.2 Å². The molecule has 10 nitrogen and oxygen atoms in total. The van der Waals surface area contributed by atoms with Gasteiger partial charge in [-0.25, -0.2) is 4.79 Å². The first-order valence-electron chi connectivity index (χ1n) is 32.0. The summed E-state index contributed by atoms with van der Waals surface area (Å²) in [6.07, 6.45) is 15.2. The second-order valence-electron chi connectivity index (χ2n) is 29.7. The highest BCUT2D eigenvalue weighted by molar-refractivity contribution is 5.86. The molecular weight excluding hydrogens is 999 g/mol. The highest BCUT2D eigenvalue weighted by atomic mass is 16.5. The smallest absolute Gasteiger partial charge is 0.331 e. The SMILES string of the molecule is CNC1Cc2c(cccc2CO)C#CC2(CCCC2)CC23CC4C#CCC5C(c6ccccc6)CCC6C5CCC65CC6(C=O)C4C(O)(C(O)C4CC(C(C)C7CCCC7)CCC(C5O)C46O)C2(O)CC2CC1C1OC(=O)C=C1C23. The number of carbonyl (C=O) groups excluding carboxylic acids is 2. The molecule has 2 aromatic rings. The fourth-order valence-corrected chi connectivity index (χ4v) is 24.5. The van der Waals surface area contributed by atoms with Crippen LogP contribution in [0.2, 0.25) is 0 Å². The number of hydrogen-bond donors (Lipinski definition) is 7. The van der Waals surface area contributed by atoms with Gasteiger partial charge in [0.05, 0.1) is 29.8 Å². The first-order valence-corrected chi connectivity index (χ1v) is 32.0. The van der Waals surface area contributed by atoms with Crippen molar-refractivity contribution in [1.29, 1.82) is 0 Å². The summed E-state index contributed by atoms with van der Waals surface area (Å²) in [4.78, 5) is 30.0. The number of aldehydes is 1. The molecule has 7 N–H and O–H groups in total. The van der Waals surface area contributed by atoms with Crippen LogP contribution in [0.3, 0.4) is 0 Å². The maximum Gasteiger partial charge on any atom is 0.331 e.